The zero-order valence-corrected chi connectivity index (χ0v) is 16.1. The van der Waals surface area contributed by atoms with Crippen molar-refractivity contribution in [2.24, 2.45) is 5.92 Å². The summed E-state index contributed by atoms with van der Waals surface area (Å²) in [6.45, 7) is 3.49. The first-order valence-corrected chi connectivity index (χ1v) is 9.95. The number of rotatable bonds is 11. The van der Waals surface area contributed by atoms with Crippen molar-refractivity contribution in [1.82, 2.24) is 9.62 Å². The third-order valence-electron chi connectivity index (χ3n) is 3.82. The number of aliphatic carboxylic acids is 1. The third-order valence-corrected chi connectivity index (χ3v) is 5.63. The summed E-state index contributed by atoms with van der Waals surface area (Å²) < 4.78 is 29.6. The van der Waals surface area contributed by atoms with Crippen LogP contribution in [0.25, 0.3) is 0 Å². The minimum atomic E-state index is -3.46. The first kappa shape index (κ1) is 21.9. The molecule has 2 N–H and O–H groups in total. The molecule has 1 rings (SSSR count). The zero-order valence-electron chi connectivity index (χ0n) is 15.3. The summed E-state index contributed by atoms with van der Waals surface area (Å²) in [7, 11) is -2.15. The number of carbonyl (C=O) groups is 2. The van der Waals surface area contributed by atoms with E-state index in [4.69, 9.17) is 4.74 Å². The van der Waals surface area contributed by atoms with E-state index >= 15 is 0 Å². The van der Waals surface area contributed by atoms with Gasteiger partial charge in [0.25, 0.3) is 0 Å². The number of sulfonamides is 1. The molecule has 0 spiro atoms. The Bertz CT molecular complexity index is 702. The van der Waals surface area contributed by atoms with Crippen molar-refractivity contribution in [2.45, 2.75) is 20.3 Å². The van der Waals surface area contributed by atoms with Gasteiger partial charge in [0.15, 0.2) is 0 Å². The largest absolute Gasteiger partial charge is 0.494 e. The van der Waals surface area contributed by atoms with Gasteiger partial charge < -0.3 is 15.2 Å². The molecule has 0 saturated carbocycles. The lowest BCUT2D eigenvalue weighted by Crippen LogP contribution is -2.41. The minimum Gasteiger partial charge on any atom is -0.494 e. The van der Waals surface area contributed by atoms with E-state index in [1.54, 1.807) is 24.3 Å². The highest BCUT2D eigenvalue weighted by Crippen LogP contribution is 2.15. The normalized spacial score (nSPS) is 12.6. The maximum atomic E-state index is 11.9. The Morgan fingerprint density at radius 2 is 1.85 bits per heavy atom. The summed E-state index contributed by atoms with van der Waals surface area (Å²) in [5.74, 6) is -1.79. The molecule has 1 atom stereocenters. The van der Waals surface area contributed by atoms with E-state index in [0.29, 0.717) is 12.4 Å². The lowest BCUT2D eigenvalue weighted by molar-refractivity contribution is -0.141. The van der Waals surface area contributed by atoms with Crippen molar-refractivity contribution in [2.75, 3.05) is 32.5 Å². The van der Waals surface area contributed by atoms with E-state index in [-0.39, 0.29) is 25.3 Å². The Morgan fingerprint density at radius 1 is 1.23 bits per heavy atom. The Kier molecular flexibility index (Phi) is 8.53. The first-order valence-electron chi connectivity index (χ1n) is 8.34. The van der Waals surface area contributed by atoms with Crippen LogP contribution in [-0.2, 0) is 26.0 Å². The van der Waals surface area contributed by atoms with Gasteiger partial charge >= 0.3 is 5.97 Å². The van der Waals surface area contributed by atoms with E-state index in [9.17, 15) is 23.1 Å². The van der Waals surface area contributed by atoms with E-state index in [0.717, 1.165) is 9.87 Å². The SMILES string of the molecule is CCOc1ccc(CC(CNC(=O)CN(C)S(=O)(=O)CC)C(=O)O)cc1. The van der Waals surface area contributed by atoms with Crippen molar-refractivity contribution >= 4 is 21.9 Å². The molecular formula is C17H26N2O6S. The highest BCUT2D eigenvalue weighted by atomic mass is 32.2. The average molecular weight is 386 g/mol. The van der Waals surface area contributed by atoms with E-state index < -0.39 is 27.8 Å². The van der Waals surface area contributed by atoms with Gasteiger partial charge in [-0.2, -0.15) is 4.31 Å². The number of benzene rings is 1. The van der Waals surface area contributed by atoms with Gasteiger partial charge in [0.1, 0.15) is 5.75 Å². The average Bonchev–Trinajstić information content (AvgIpc) is 2.59. The molecule has 0 aromatic heterocycles. The summed E-state index contributed by atoms with van der Waals surface area (Å²) in [4.78, 5) is 23.3. The molecule has 0 saturated heterocycles. The van der Waals surface area contributed by atoms with Crippen LogP contribution in [0.15, 0.2) is 24.3 Å². The van der Waals surface area contributed by atoms with E-state index in [1.807, 2.05) is 6.92 Å². The first-order chi connectivity index (χ1) is 12.2. The standard InChI is InChI=1S/C17H26N2O6S/c1-4-25-15-8-6-13(7-9-15)10-14(17(21)22)11-18-16(20)12-19(3)26(23,24)5-2/h6-9,14H,4-5,10-12H2,1-3H3,(H,18,20)(H,21,22). The molecule has 1 aromatic carbocycles. The van der Waals surface area contributed by atoms with Gasteiger partial charge in [-0.15, -0.1) is 0 Å². The lowest BCUT2D eigenvalue weighted by atomic mass is 9.99. The number of nitrogens with one attached hydrogen (secondary N) is 1. The lowest BCUT2D eigenvalue weighted by Gasteiger charge is -2.17. The van der Waals surface area contributed by atoms with Crippen LogP contribution in [-0.4, -0.2) is 62.2 Å². The van der Waals surface area contributed by atoms with Gasteiger partial charge in [-0.25, -0.2) is 8.42 Å². The Labute approximate surface area is 154 Å². The van der Waals surface area contributed by atoms with Crippen molar-refractivity contribution in [3.05, 3.63) is 29.8 Å². The predicted molar refractivity (Wildman–Crippen MR) is 97.5 cm³/mol. The fourth-order valence-corrected chi connectivity index (χ4v) is 2.99. The number of hydrogen-bond acceptors (Lipinski definition) is 5. The van der Waals surface area contributed by atoms with Crippen LogP contribution in [0.3, 0.4) is 0 Å². The Morgan fingerprint density at radius 3 is 2.35 bits per heavy atom. The van der Waals surface area contributed by atoms with Crippen molar-refractivity contribution in [3.63, 3.8) is 0 Å². The van der Waals surface area contributed by atoms with Gasteiger partial charge in [-0.05, 0) is 38.0 Å². The molecule has 9 heteroatoms. The number of nitrogens with zero attached hydrogens (tertiary/aromatic N) is 1. The van der Waals surface area contributed by atoms with Crippen LogP contribution < -0.4 is 10.1 Å². The highest BCUT2D eigenvalue weighted by molar-refractivity contribution is 7.89. The number of carbonyl (C=O) groups excluding carboxylic acids is 1. The van der Waals surface area contributed by atoms with Gasteiger partial charge in [-0.1, -0.05) is 12.1 Å². The van der Waals surface area contributed by atoms with Crippen LogP contribution in [0.2, 0.25) is 0 Å². The quantitative estimate of drug-likeness (QED) is 0.580. The highest BCUT2D eigenvalue weighted by Gasteiger charge is 2.22. The maximum Gasteiger partial charge on any atom is 0.308 e. The summed E-state index contributed by atoms with van der Waals surface area (Å²) >= 11 is 0. The number of ether oxygens (including phenoxy) is 1. The van der Waals surface area contributed by atoms with Crippen LogP contribution >= 0.6 is 0 Å². The number of likely N-dealkylation sites (N-methyl/N-ethyl adjacent to an activating group) is 1. The molecule has 0 aliphatic carbocycles. The van der Waals surface area contributed by atoms with Crippen molar-refractivity contribution in [1.29, 1.82) is 0 Å². The van der Waals surface area contributed by atoms with E-state index in [2.05, 4.69) is 5.32 Å². The molecule has 1 aromatic rings. The van der Waals surface area contributed by atoms with Crippen LogP contribution in [0, 0.1) is 5.92 Å². The summed E-state index contributed by atoms with van der Waals surface area (Å²) in [5.41, 5.74) is 0.806. The van der Waals surface area contributed by atoms with Gasteiger partial charge in [0.05, 0.1) is 24.8 Å². The monoisotopic (exact) mass is 386 g/mol. The smallest absolute Gasteiger partial charge is 0.308 e. The number of amides is 1. The van der Waals surface area contributed by atoms with Crippen LogP contribution in [0.5, 0.6) is 5.75 Å². The second-order valence-corrected chi connectivity index (χ2v) is 8.14. The molecule has 0 aliphatic rings. The van der Waals surface area contributed by atoms with Gasteiger partial charge in [-0.3, -0.25) is 9.59 Å². The molecule has 0 fully saturated rings. The van der Waals surface area contributed by atoms with Gasteiger partial charge in [0.2, 0.25) is 15.9 Å². The molecule has 26 heavy (non-hydrogen) atoms. The van der Waals surface area contributed by atoms with Crippen molar-refractivity contribution < 1.29 is 27.9 Å². The molecule has 0 aliphatic heterocycles. The minimum absolute atomic E-state index is 0.0820. The fourth-order valence-electron chi connectivity index (χ4n) is 2.23. The Balaban J connectivity index is 2.60. The van der Waals surface area contributed by atoms with E-state index in [1.165, 1.54) is 14.0 Å². The molecule has 1 unspecified atom stereocenters. The number of carboxylic acids is 1. The van der Waals surface area contributed by atoms with Crippen LogP contribution in [0.4, 0.5) is 0 Å². The maximum absolute atomic E-state index is 11.9. The fraction of sp³-hybridized carbons (Fsp3) is 0.529. The molecule has 0 heterocycles. The number of carboxylic acid groups (broad SMARTS) is 1. The third kappa shape index (κ3) is 7.01. The Hall–Kier alpha value is -2.13. The second kappa shape index (κ2) is 10.1. The zero-order chi connectivity index (χ0) is 19.7. The molecule has 0 radical (unpaired) electrons. The second-order valence-electron chi connectivity index (χ2n) is 5.78. The molecular weight excluding hydrogens is 360 g/mol. The molecule has 1 amide bonds. The van der Waals surface area contributed by atoms with Crippen molar-refractivity contribution in [3.8, 4) is 5.75 Å². The summed E-state index contributed by atoms with van der Waals surface area (Å²) in [6.07, 6.45) is 0.241. The van der Waals surface area contributed by atoms with Gasteiger partial charge in [0, 0.05) is 13.6 Å². The predicted octanol–water partition coefficient (Wildman–Crippen LogP) is 0.726. The summed E-state index contributed by atoms with van der Waals surface area (Å²) in [5, 5.41) is 11.8. The van der Waals surface area contributed by atoms with Crippen LogP contribution in [0.1, 0.15) is 19.4 Å². The summed E-state index contributed by atoms with van der Waals surface area (Å²) in [6, 6.07) is 7.09. The molecule has 8 nitrogen and oxygen atoms in total. The molecule has 146 valence electrons. The molecule has 0 bridgehead atoms. The number of hydrogen-bond donors (Lipinski definition) is 2. The topological polar surface area (TPSA) is 113 Å².